The lowest BCUT2D eigenvalue weighted by Crippen LogP contribution is -2.32. The van der Waals surface area contributed by atoms with E-state index < -0.39 is 17.5 Å². The maximum absolute atomic E-state index is 13.9. The topological polar surface area (TPSA) is 34.9 Å². The van der Waals surface area contributed by atoms with E-state index in [4.69, 9.17) is 16.7 Å². The second kappa shape index (κ2) is 7.51. The summed E-state index contributed by atoms with van der Waals surface area (Å²) < 4.78 is 43.0. The summed E-state index contributed by atoms with van der Waals surface area (Å²) in [4.78, 5) is 13.7. The number of allylic oxidation sites excluding steroid dienone is 2. The van der Waals surface area contributed by atoms with Gasteiger partial charge in [-0.25, -0.2) is 0 Å². The smallest absolute Gasteiger partial charge is 0.267 e. The zero-order chi connectivity index (χ0) is 21.8. The molecule has 3 aliphatic carbocycles. The van der Waals surface area contributed by atoms with Gasteiger partial charge in [0, 0.05) is 5.56 Å². The van der Waals surface area contributed by atoms with Crippen molar-refractivity contribution in [1.29, 1.82) is 0 Å². The number of rotatable bonds is 3. The molecule has 1 saturated carbocycles. The van der Waals surface area contributed by atoms with E-state index in [0.717, 1.165) is 67.5 Å². The first-order valence-corrected chi connectivity index (χ1v) is 11.4. The Morgan fingerprint density at radius 1 is 1.06 bits per heavy atom. The summed E-state index contributed by atoms with van der Waals surface area (Å²) in [6, 6.07) is 4.39. The highest BCUT2D eigenvalue weighted by molar-refractivity contribution is 6.34. The molecule has 31 heavy (non-hydrogen) atoms. The summed E-state index contributed by atoms with van der Waals surface area (Å²) in [5, 5.41) is 4.75. The van der Waals surface area contributed by atoms with Gasteiger partial charge in [0.15, 0.2) is 0 Å². The first-order valence-electron chi connectivity index (χ1n) is 11.0. The predicted octanol–water partition coefficient (Wildman–Crippen LogP) is 6.66. The average molecular weight is 449 g/mol. The van der Waals surface area contributed by atoms with Gasteiger partial charge in [0.05, 0.1) is 27.4 Å². The molecule has 1 aromatic heterocycles. The summed E-state index contributed by atoms with van der Waals surface area (Å²) in [5.74, 6) is -0.545. The lowest BCUT2D eigenvalue weighted by molar-refractivity contribution is -0.160. The Kier molecular flexibility index (Phi) is 5.04. The highest BCUT2D eigenvalue weighted by Gasteiger charge is 2.65. The van der Waals surface area contributed by atoms with Crippen LogP contribution in [0.5, 0.6) is 0 Å². The molecule has 0 spiro atoms. The van der Waals surface area contributed by atoms with Crippen molar-refractivity contribution in [3.05, 3.63) is 57.4 Å². The van der Waals surface area contributed by atoms with E-state index in [1.165, 1.54) is 22.9 Å². The molecule has 7 heteroatoms. The average Bonchev–Trinajstić information content (AvgIpc) is 3.49. The Hall–Kier alpha value is -2.08. The fraction of sp³-hybridized carbons (Fsp3) is 0.500. The third-order valence-electron chi connectivity index (χ3n) is 7.00. The molecule has 0 unspecified atom stereocenters. The summed E-state index contributed by atoms with van der Waals surface area (Å²) in [6.45, 7) is 0. The lowest BCUT2D eigenvalue weighted by atomic mass is 9.89. The fourth-order valence-electron chi connectivity index (χ4n) is 5.15. The van der Waals surface area contributed by atoms with Crippen molar-refractivity contribution in [3.8, 4) is 0 Å². The van der Waals surface area contributed by atoms with Gasteiger partial charge in [-0.1, -0.05) is 29.8 Å². The molecule has 2 aromatic rings. The van der Waals surface area contributed by atoms with Gasteiger partial charge in [-0.05, 0) is 81.4 Å². The van der Waals surface area contributed by atoms with Gasteiger partial charge in [0.2, 0.25) is 0 Å². The van der Waals surface area contributed by atoms with Gasteiger partial charge in [0.1, 0.15) is 0 Å². The van der Waals surface area contributed by atoms with Crippen molar-refractivity contribution in [1.82, 2.24) is 9.78 Å². The van der Waals surface area contributed by atoms with Crippen LogP contribution in [0.15, 0.2) is 24.3 Å². The molecule has 0 saturated heterocycles. The number of carbonyl (C=O) groups excluding carboxylic acids is 1. The highest BCUT2D eigenvalue weighted by atomic mass is 35.5. The van der Waals surface area contributed by atoms with Crippen LogP contribution in [0, 0.1) is 0 Å². The first kappa shape index (κ1) is 20.8. The first-order chi connectivity index (χ1) is 14.8. The number of hydrogen-bond acceptors (Lipinski definition) is 2. The van der Waals surface area contributed by atoms with E-state index in [1.807, 2.05) is 0 Å². The molecule has 0 bridgehead atoms. The van der Waals surface area contributed by atoms with Crippen molar-refractivity contribution < 1.29 is 18.0 Å². The van der Waals surface area contributed by atoms with Gasteiger partial charge < -0.3 is 0 Å². The van der Waals surface area contributed by atoms with Gasteiger partial charge in [-0.15, -0.1) is 0 Å². The van der Waals surface area contributed by atoms with Crippen molar-refractivity contribution in [3.63, 3.8) is 0 Å². The number of benzene rings is 1. The van der Waals surface area contributed by atoms with Crippen LogP contribution < -0.4 is 0 Å². The normalized spacial score (nSPS) is 20.2. The third-order valence-corrected chi connectivity index (χ3v) is 7.32. The number of fused-ring (bicyclic) bond motifs is 1. The number of halogens is 4. The third kappa shape index (κ3) is 3.34. The van der Waals surface area contributed by atoms with Crippen LogP contribution >= 0.6 is 11.6 Å². The van der Waals surface area contributed by atoms with Crippen LogP contribution in [-0.2, 0) is 18.3 Å². The van der Waals surface area contributed by atoms with Crippen molar-refractivity contribution >= 4 is 23.1 Å². The van der Waals surface area contributed by atoms with Crippen LogP contribution in [-0.4, -0.2) is 21.9 Å². The molecule has 1 aromatic carbocycles. The largest absolute Gasteiger partial charge is 0.398 e. The molecule has 3 aliphatic rings. The maximum Gasteiger partial charge on any atom is 0.398 e. The van der Waals surface area contributed by atoms with Gasteiger partial charge in [0.25, 0.3) is 5.91 Å². The molecule has 5 rings (SSSR count). The quantitative estimate of drug-likeness (QED) is 0.526. The number of aromatic nitrogens is 2. The van der Waals surface area contributed by atoms with E-state index in [2.05, 4.69) is 6.08 Å². The summed E-state index contributed by atoms with van der Waals surface area (Å²) in [5.41, 5.74) is 1.87. The second-order valence-electron chi connectivity index (χ2n) is 8.92. The molecule has 3 nitrogen and oxygen atoms in total. The molecular formula is C24H24ClF3N2O. The van der Waals surface area contributed by atoms with E-state index >= 15 is 0 Å². The van der Waals surface area contributed by atoms with Crippen molar-refractivity contribution in [2.45, 2.75) is 75.8 Å². The molecule has 0 radical (unpaired) electrons. The molecule has 0 N–H and O–H groups in total. The lowest BCUT2D eigenvalue weighted by Gasteiger charge is -2.23. The second-order valence-corrected chi connectivity index (χ2v) is 9.32. The summed E-state index contributed by atoms with van der Waals surface area (Å²) in [6.07, 6.45) is 5.39. The molecule has 0 amide bonds. The Labute approximate surface area is 184 Å². The van der Waals surface area contributed by atoms with E-state index in [9.17, 15) is 18.0 Å². The summed E-state index contributed by atoms with van der Waals surface area (Å²) in [7, 11) is 0. The number of carbonyl (C=O) groups is 1. The Bertz CT molecular complexity index is 1080. The molecular weight excluding hydrogens is 425 g/mol. The van der Waals surface area contributed by atoms with Crippen molar-refractivity contribution in [2.75, 3.05) is 0 Å². The molecule has 1 heterocycles. The SMILES string of the molecule is O=C(c1c(Cl)cccc1C1(C(F)(F)F)CC1)n1nc(C2=CCCCC2)c2c1CCCC2. The zero-order valence-corrected chi connectivity index (χ0v) is 18.0. The Morgan fingerprint density at radius 2 is 1.81 bits per heavy atom. The highest BCUT2D eigenvalue weighted by Crippen LogP contribution is 2.60. The van der Waals surface area contributed by atoms with Crippen LogP contribution in [0.2, 0.25) is 5.02 Å². The zero-order valence-electron chi connectivity index (χ0n) is 17.2. The monoisotopic (exact) mass is 448 g/mol. The van der Waals surface area contributed by atoms with Crippen LogP contribution in [0.1, 0.15) is 84.2 Å². The predicted molar refractivity (Wildman–Crippen MR) is 113 cm³/mol. The van der Waals surface area contributed by atoms with E-state index in [1.54, 1.807) is 0 Å². The minimum atomic E-state index is -4.42. The van der Waals surface area contributed by atoms with Crippen molar-refractivity contribution in [2.24, 2.45) is 0 Å². The van der Waals surface area contributed by atoms with Crippen LogP contribution in [0.3, 0.4) is 0 Å². The number of nitrogens with zero attached hydrogens (tertiary/aromatic N) is 2. The Balaban J connectivity index is 1.64. The minimum Gasteiger partial charge on any atom is -0.267 e. The Morgan fingerprint density at radius 3 is 2.48 bits per heavy atom. The molecule has 0 aliphatic heterocycles. The fourth-order valence-corrected chi connectivity index (χ4v) is 5.41. The number of hydrogen-bond donors (Lipinski definition) is 0. The van der Waals surface area contributed by atoms with E-state index in [0.29, 0.717) is 6.42 Å². The molecule has 1 fully saturated rings. The molecule has 0 atom stereocenters. The van der Waals surface area contributed by atoms with Gasteiger partial charge >= 0.3 is 6.18 Å². The minimum absolute atomic E-state index is 0.0176. The summed E-state index contributed by atoms with van der Waals surface area (Å²) >= 11 is 6.36. The van der Waals surface area contributed by atoms with Crippen LogP contribution in [0.4, 0.5) is 13.2 Å². The number of alkyl halides is 3. The van der Waals surface area contributed by atoms with E-state index in [-0.39, 0.29) is 29.0 Å². The maximum atomic E-state index is 13.9. The standard InChI is InChI=1S/C24H24ClF3N2O/c25-18-11-6-10-17(23(13-14-23)24(26,27)28)20(18)22(31)30-19-12-5-4-9-16(19)21(29-30)15-7-2-1-3-8-15/h6-7,10-11H,1-5,8-9,12-14H2. The molecule has 164 valence electrons. The van der Waals surface area contributed by atoms with Gasteiger partial charge in [-0.2, -0.15) is 23.0 Å². The van der Waals surface area contributed by atoms with Gasteiger partial charge in [-0.3, -0.25) is 4.79 Å². The van der Waals surface area contributed by atoms with Crippen LogP contribution in [0.25, 0.3) is 5.57 Å².